The van der Waals surface area contributed by atoms with Crippen molar-refractivity contribution in [3.63, 3.8) is 0 Å². The highest BCUT2D eigenvalue weighted by molar-refractivity contribution is 5.36. The van der Waals surface area contributed by atoms with Gasteiger partial charge in [0.2, 0.25) is 0 Å². The van der Waals surface area contributed by atoms with Gasteiger partial charge in [0.25, 0.3) is 0 Å². The van der Waals surface area contributed by atoms with Crippen LogP contribution in [0.4, 0.5) is 5.82 Å². The maximum Gasteiger partial charge on any atom is 0.124 e. The SMILES string of the molecule is Cc1cc(NCC(N)C(C)(C)C)n(C)n1. The van der Waals surface area contributed by atoms with Crippen LogP contribution in [0.3, 0.4) is 0 Å². The first-order valence-electron chi connectivity index (χ1n) is 5.31. The second kappa shape index (κ2) is 4.23. The molecule has 0 saturated heterocycles. The molecule has 86 valence electrons. The summed E-state index contributed by atoms with van der Waals surface area (Å²) in [5.74, 6) is 1.02. The number of aryl methyl sites for hydroxylation is 2. The fourth-order valence-electron chi connectivity index (χ4n) is 1.30. The minimum atomic E-state index is 0.126. The summed E-state index contributed by atoms with van der Waals surface area (Å²) in [4.78, 5) is 0. The molecular formula is C11H22N4. The number of hydrogen-bond acceptors (Lipinski definition) is 3. The molecule has 0 bridgehead atoms. The Bertz CT molecular complexity index is 322. The fraction of sp³-hybridized carbons (Fsp3) is 0.727. The van der Waals surface area contributed by atoms with Gasteiger partial charge in [-0.2, -0.15) is 5.10 Å². The lowest BCUT2D eigenvalue weighted by Crippen LogP contribution is -2.41. The highest BCUT2D eigenvalue weighted by Crippen LogP contribution is 2.18. The Kier molecular flexibility index (Phi) is 3.39. The molecule has 1 atom stereocenters. The Balaban J connectivity index is 2.54. The molecule has 1 unspecified atom stereocenters. The topological polar surface area (TPSA) is 55.9 Å². The predicted molar refractivity (Wildman–Crippen MR) is 63.9 cm³/mol. The van der Waals surface area contributed by atoms with Gasteiger partial charge in [0, 0.05) is 25.7 Å². The van der Waals surface area contributed by atoms with Crippen LogP contribution >= 0.6 is 0 Å². The fourth-order valence-corrected chi connectivity index (χ4v) is 1.30. The van der Waals surface area contributed by atoms with Crippen LogP contribution in [0.5, 0.6) is 0 Å². The van der Waals surface area contributed by atoms with Gasteiger partial charge in [-0.1, -0.05) is 20.8 Å². The van der Waals surface area contributed by atoms with Crippen LogP contribution < -0.4 is 11.1 Å². The molecule has 0 aliphatic rings. The maximum atomic E-state index is 6.06. The standard InChI is InChI=1S/C11H22N4/c1-8-6-10(15(5)14-8)13-7-9(12)11(2,3)4/h6,9,13H,7,12H2,1-5H3. The molecule has 0 aromatic carbocycles. The number of nitrogens with two attached hydrogens (primary N) is 1. The lowest BCUT2D eigenvalue weighted by molar-refractivity contribution is 0.331. The average Bonchev–Trinajstić information content (AvgIpc) is 2.39. The molecule has 0 radical (unpaired) electrons. The molecule has 0 spiro atoms. The van der Waals surface area contributed by atoms with Crippen molar-refractivity contribution in [1.29, 1.82) is 0 Å². The van der Waals surface area contributed by atoms with Gasteiger partial charge in [0.15, 0.2) is 0 Å². The van der Waals surface area contributed by atoms with Crippen molar-refractivity contribution in [3.8, 4) is 0 Å². The molecule has 4 nitrogen and oxygen atoms in total. The number of nitrogens with zero attached hydrogens (tertiary/aromatic N) is 2. The van der Waals surface area contributed by atoms with Crippen LogP contribution in [0.15, 0.2) is 6.07 Å². The third kappa shape index (κ3) is 3.23. The maximum absolute atomic E-state index is 6.06. The highest BCUT2D eigenvalue weighted by Gasteiger charge is 2.20. The average molecular weight is 210 g/mol. The van der Waals surface area contributed by atoms with Crippen LogP contribution in [0, 0.1) is 12.3 Å². The zero-order valence-corrected chi connectivity index (χ0v) is 10.3. The first-order chi connectivity index (χ1) is 6.80. The largest absolute Gasteiger partial charge is 0.369 e. The summed E-state index contributed by atoms with van der Waals surface area (Å²) in [7, 11) is 1.93. The highest BCUT2D eigenvalue weighted by atomic mass is 15.3. The van der Waals surface area contributed by atoms with E-state index in [-0.39, 0.29) is 11.5 Å². The lowest BCUT2D eigenvalue weighted by Gasteiger charge is -2.27. The van der Waals surface area contributed by atoms with Crippen molar-refractivity contribution in [2.24, 2.45) is 18.2 Å². The summed E-state index contributed by atoms with van der Waals surface area (Å²) < 4.78 is 1.84. The van der Waals surface area contributed by atoms with E-state index < -0.39 is 0 Å². The molecular weight excluding hydrogens is 188 g/mol. The van der Waals surface area contributed by atoms with E-state index in [9.17, 15) is 0 Å². The molecule has 1 aromatic heterocycles. The normalized spacial score (nSPS) is 14.0. The van der Waals surface area contributed by atoms with Crippen molar-refractivity contribution in [2.45, 2.75) is 33.7 Å². The second-order valence-electron chi connectivity index (χ2n) is 5.15. The van der Waals surface area contributed by atoms with Crippen molar-refractivity contribution >= 4 is 5.82 Å². The van der Waals surface area contributed by atoms with Gasteiger partial charge >= 0.3 is 0 Å². The van der Waals surface area contributed by atoms with Crippen molar-refractivity contribution in [1.82, 2.24) is 9.78 Å². The van der Waals surface area contributed by atoms with E-state index in [1.54, 1.807) is 0 Å². The van der Waals surface area contributed by atoms with Gasteiger partial charge < -0.3 is 11.1 Å². The minimum absolute atomic E-state index is 0.126. The smallest absolute Gasteiger partial charge is 0.124 e. The zero-order chi connectivity index (χ0) is 11.6. The number of nitrogens with one attached hydrogen (secondary N) is 1. The van der Waals surface area contributed by atoms with E-state index in [1.807, 2.05) is 24.7 Å². The van der Waals surface area contributed by atoms with Gasteiger partial charge in [-0.25, -0.2) is 0 Å². The van der Waals surface area contributed by atoms with E-state index in [1.165, 1.54) is 0 Å². The molecule has 0 fully saturated rings. The molecule has 1 aromatic rings. The predicted octanol–water partition coefficient (Wildman–Crippen LogP) is 1.51. The molecule has 1 rings (SSSR count). The Hall–Kier alpha value is -1.03. The van der Waals surface area contributed by atoms with E-state index in [2.05, 4.69) is 31.2 Å². The third-order valence-corrected chi connectivity index (χ3v) is 2.62. The van der Waals surface area contributed by atoms with Gasteiger partial charge in [-0.05, 0) is 12.3 Å². The lowest BCUT2D eigenvalue weighted by atomic mass is 9.87. The van der Waals surface area contributed by atoms with Crippen LogP contribution in [0.1, 0.15) is 26.5 Å². The van der Waals surface area contributed by atoms with Crippen LogP contribution in [-0.2, 0) is 7.05 Å². The van der Waals surface area contributed by atoms with Crippen LogP contribution in [0.25, 0.3) is 0 Å². The summed E-state index contributed by atoms with van der Waals surface area (Å²) in [6, 6.07) is 2.16. The summed E-state index contributed by atoms with van der Waals surface area (Å²) in [5, 5.41) is 7.58. The second-order valence-corrected chi connectivity index (χ2v) is 5.15. The van der Waals surface area contributed by atoms with Gasteiger partial charge in [-0.3, -0.25) is 4.68 Å². The number of rotatable bonds is 3. The number of anilines is 1. The molecule has 0 aliphatic carbocycles. The monoisotopic (exact) mass is 210 g/mol. The van der Waals surface area contributed by atoms with Crippen molar-refractivity contribution < 1.29 is 0 Å². The number of hydrogen-bond donors (Lipinski definition) is 2. The van der Waals surface area contributed by atoms with Gasteiger partial charge in [0.05, 0.1) is 5.69 Å². The van der Waals surface area contributed by atoms with E-state index in [0.717, 1.165) is 18.1 Å². The number of aromatic nitrogens is 2. The Labute approximate surface area is 91.8 Å². The van der Waals surface area contributed by atoms with E-state index >= 15 is 0 Å². The summed E-state index contributed by atoms with van der Waals surface area (Å²) in [5.41, 5.74) is 7.21. The molecule has 3 N–H and O–H groups in total. The van der Waals surface area contributed by atoms with Gasteiger partial charge in [0.1, 0.15) is 5.82 Å². The summed E-state index contributed by atoms with van der Waals surface area (Å²) in [6.07, 6.45) is 0. The molecule has 1 heterocycles. The minimum Gasteiger partial charge on any atom is -0.369 e. The molecule has 0 saturated carbocycles. The first-order valence-corrected chi connectivity index (χ1v) is 5.31. The van der Waals surface area contributed by atoms with Crippen LogP contribution in [0.2, 0.25) is 0 Å². The zero-order valence-electron chi connectivity index (χ0n) is 10.3. The van der Waals surface area contributed by atoms with Crippen molar-refractivity contribution in [3.05, 3.63) is 11.8 Å². The van der Waals surface area contributed by atoms with Crippen LogP contribution in [-0.4, -0.2) is 22.4 Å². The summed E-state index contributed by atoms with van der Waals surface area (Å²) >= 11 is 0. The Morgan fingerprint density at radius 1 is 1.53 bits per heavy atom. The molecule has 0 amide bonds. The first kappa shape index (κ1) is 12.0. The quantitative estimate of drug-likeness (QED) is 0.795. The Morgan fingerprint density at radius 2 is 2.13 bits per heavy atom. The third-order valence-electron chi connectivity index (χ3n) is 2.62. The Morgan fingerprint density at radius 3 is 2.53 bits per heavy atom. The van der Waals surface area contributed by atoms with E-state index in [4.69, 9.17) is 5.73 Å². The van der Waals surface area contributed by atoms with E-state index in [0.29, 0.717) is 0 Å². The molecule has 0 aliphatic heterocycles. The molecule has 15 heavy (non-hydrogen) atoms. The summed E-state index contributed by atoms with van der Waals surface area (Å²) in [6.45, 7) is 9.19. The van der Waals surface area contributed by atoms with Crippen molar-refractivity contribution in [2.75, 3.05) is 11.9 Å². The van der Waals surface area contributed by atoms with Gasteiger partial charge in [-0.15, -0.1) is 0 Å². The molecule has 4 heteroatoms.